The van der Waals surface area contributed by atoms with Crippen LogP contribution in [0, 0.1) is 11.6 Å². The summed E-state index contributed by atoms with van der Waals surface area (Å²) >= 11 is 0. The molecule has 3 aromatic heterocycles. The van der Waals surface area contributed by atoms with Crippen LogP contribution in [-0.2, 0) is 0 Å². The molecule has 0 saturated heterocycles. The van der Waals surface area contributed by atoms with Gasteiger partial charge >= 0.3 is 5.69 Å². The van der Waals surface area contributed by atoms with Crippen LogP contribution in [0.25, 0.3) is 28.1 Å². The van der Waals surface area contributed by atoms with E-state index in [4.69, 9.17) is 4.74 Å². The number of aromatic amines is 1. The van der Waals surface area contributed by atoms with Gasteiger partial charge in [-0.1, -0.05) is 12.1 Å². The molecule has 1 aliphatic heterocycles. The van der Waals surface area contributed by atoms with E-state index in [1.165, 1.54) is 16.8 Å². The number of fused-ring (bicyclic) bond motifs is 3. The van der Waals surface area contributed by atoms with E-state index < -0.39 is 23.4 Å². The number of nitrogens with zero attached hydrogens (tertiary/aromatic N) is 5. The van der Waals surface area contributed by atoms with Crippen LogP contribution < -0.4 is 10.4 Å². The largest absolute Gasteiger partial charge is 0.490 e. The topological polar surface area (TPSA) is 90.6 Å². The Hall–Kier alpha value is -4.08. The molecule has 1 aliphatic rings. The van der Waals surface area contributed by atoms with Crippen LogP contribution in [0.15, 0.2) is 53.7 Å². The summed E-state index contributed by atoms with van der Waals surface area (Å²) in [4.78, 5) is 28.8. The Bertz CT molecular complexity index is 1540. The number of imidazole rings is 2. The predicted octanol–water partition coefficient (Wildman–Crippen LogP) is 3.11. The fraction of sp³-hybridized carbons (Fsp3) is 0.143. The molecule has 1 N–H and O–H groups in total. The van der Waals surface area contributed by atoms with Gasteiger partial charge in [-0.25, -0.2) is 23.5 Å². The molecule has 0 saturated carbocycles. The minimum atomic E-state index is -0.798. The average Bonchev–Trinajstić information content (AvgIpc) is 3.33. The van der Waals surface area contributed by atoms with Gasteiger partial charge in [0, 0.05) is 18.1 Å². The van der Waals surface area contributed by atoms with Crippen molar-refractivity contribution >= 4 is 22.2 Å². The Morgan fingerprint density at radius 2 is 2.03 bits per heavy atom. The molecule has 10 heteroatoms. The van der Waals surface area contributed by atoms with Gasteiger partial charge in [-0.05, 0) is 18.2 Å². The van der Waals surface area contributed by atoms with Crippen molar-refractivity contribution in [3.63, 3.8) is 0 Å². The lowest BCUT2D eigenvalue weighted by Crippen LogP contribution is -2.28. The van der Waals surface area contributed by atoms with Gasteiger partial charge in [-0.2, -0.15) is 4.98 Å². The Kier molecular flexibility index (Phi) is 3.70. The Labute approximate surface area is 172 Å². The number of hydrogen-bond acceptors (Lipinski definition) is 5. The quantitative estimate of drug-likeness (QED) is 0.474. The zero-order valence-corrected chi connectivity index (χ0v) is 15.9. The molecule has 31 heavy (non-hydrogen) atoms. The van der Waals surface area contributed by atoms with E-state index >= 15 is 0 Å². The van der Waals surface area contributed by atoms with Crippen LogP contribution >= 0.6 is 0 Å². The lowest BCUT2D eigenvalue weighted by Gasteiger charge is -2.27. The number of rotatable bonds is 2. The number of hydrogen-bond donors (Lipinski definition) is 1. The SMILES string of the molecule is O=c1[nH]c2cnc(-n3cnc4ccccc43)nc2n1C1CCOc2c(F)cc(F)cc21. The van der Waals surface area contributed by atoms with E-state index in [1.807, 2.05) is 24.3 Å². The Morgan fingerprint density at radius 1 is 1.16 bits per heavy atom. The van der Waals surface area contributed by atoms with Crippen molar-refractivity contribution in [3.05, 3.63) is 76.6 Å². The van der Waals surface area contributed by atoms with E-state index in [-0.39, 0.29) is 17.9 Å². The molecule has 2 aromatic carbocycles. The molecule has 8 nitrogen and oxygen atoms in total. The minimum Gasteiger partial charge on any atom is -0.490 e. The highest BCUT2D eigenvalue weighted by molar-refractivity contribution is 5.77. The molecule has 1 unspecified atom stereocenters. The summed E-state index contributed by atoms with van der Waals surface area (Å²) in [7, 11) is 0. The third kappa shape index (κ3) is 2.64. The zero-order chi connectivity index (χ0) is 21.1. The standard InChI is InChI=1S/C21H14F2N6O2/c22-11-7-12-16(5-6-31-18(12)13(23)8-11)29-19-15(26-21(29)30)9-24-20(27-19)28-10-25-14-3-1-2-4-17(14)28/h1-4,7-10,16H,5-6H2,(H,26,30). The highest BCUT2D eigenvalue weighted by Crippen LogP contribution is 2.37. The maximum Gasteiger partial charge on any atom is 0.328 e. The molecule has 0 fully saturated rings. The lowest BCUT2D eigenvalue weighted by atomic mass is 10.00. The summed E-state index contributed by atoms with van der Waals surface area (Å²) in [5, 5.41) is 0. The number of halogens is 2. The van der Waals surface area contributed by atoms with Crippen LogP contribution in [0.4, 0.5) is 8.78 Å². The van der Waals surface area contributed by atoms with Gasteiger partial charge in [-0.15, -0.1) is 0 Å². The summed E-state index contributed by atoms with van der Waals surface area (Å²) in [6.07, 6.45) is 3.47. The first-order chi connectivity index (χ1) is 15.1. The molecule has 4 heterocycles. The maximum absolute atomic E-state index is 14.3. The number of aromatic nitrogens is 6. The van der Waals surface area contributed by atoms with Gasteiger partial charge in [0.2, 0.25) is 5.95 Å². The van der Waals surface area contributed by atoms with Gasteiger partial charge in [0.1, 0.15) is 17.7 Å². The first-order valence-corrected chi connectivity index (χ1v) is 9.61. The highest BCUT2D eigenvalue weighted by Gasteiger charge is 2.30. The second-order valence-electron chi connectivity index (χ2n) is 7.27. The summed E-state index contributed by atoms with van der Waals surface area (Å²) in [5.74, 6) is -1.26. The van der Waals surface area contributed by atoms with Crippen LogP contribution in [0.5, 0.6) is 5.75 Å². The molecule has 0 aliphatic carbocycles. The van der Waals surface area contributed by atoms with E-state index in [0.29, 0.717) is 23.5 Å². The number of ether oxygens (including phenoxy) is 1. The molecule has 0 radical (unpaired) electrons. The van der Waals surface area contributed by atoms with Gasteiger partial charge in [0.25, 0.3) is 0 Å². The van der Waals surface area contributed by atoms with Crippen molar-refractivity contribution in [2.45, 2.75) is 12.5 Å². The monoisotopic (exact) mass is 420 g/mol. The van der Waals surface area contributed by atoms with Crippen molar-refractivity contribution in [1.82, 2.24) is 29.1 Å². The van der Waals surface area contributed by atoms with E-state index in [1.54, 1.807) is 10.9 Å². The molecule has 6 rings (SSSR count). The van der Waals surface area contributed by atoms with Crippen LogP contribution in [0.2, 0.25) is 0 Å². The average molecular weight is 420 g/mol. The predicted molar refractivity (Wildman–Crippen MR) is 107 cm³/mol. The molecule has 0 amide bonds. The molecule has 154 valence electrons. The van der Waals surface area contributed by atoms with Gasteiger partial charge < -0.3 is 9.72 Å². The third-order valence-corrected chi connectivity index (χ3v) is 5.46. The molecule has 0 bridgehead atoms. The van der Waals surface area contributed by atoms with Crippen molar-refractivity contribution in [2.24, 2.45) is 0 Å². The summed E-state index contributed by atoms with van der Waals surface area (Å²) in [5.41, 5.74) is 2.16. The molecule has 0 spiro atoms. The summed E-state index contributed by atoms with van der Waals surface area (Å²) < 4.78 is 36.7. The smallest absolute Gasteiger partial charge is 0.328 e. The molecular weight excluding hydrogens is 406 g/mol. The van der Waals surface area contributed by atoms with E-state index in [0.717, 1.165) is 17.1 Å². The van der Waals surface area contributed by atoms with Crippen LogP contribution in [0.1, 0.15) is 18.0 Å². The van der Waals surface area contributed by atoms with Crippen molar-refractivity contribution < 1.29 is 13.5 Å². The second-order valence-corrected chi connectivity index (χ2v) is 7.27. The molecule has 1 atom stereocenters. The fourth-order valence-corrected chi connectivity index (χ4v) is 4.11. The summed E-state index contributed by atoms with van der Waals surface area (Å²) in [6, 6.07) is 8.85. The first-order valence-electron chi connectivity index (χ1n) is 9.61. The summed E-state index contributed by atoms with van der Waals surface area (Å²) in [6.45, 7) is 0.184. The first kappa shape index (κ1) is 17.8. The number of H-pyrrole nitrogens is 1. The lowest BCUT2D eigenvalue weighted by molar-refractivity contribution is 0.242. The van der Waals surface area contributed by atoms with Gasteiger partial charge in [0.05, 0.1) is 29.9 Å². The van der Waals surface area contributed by atoms with Crippen molar-refractivity contribution in [3.8, 4) is 11.7 Å². The van der Waals surface area contributed by atoms with Gasteiger partial charge in [0.15, 0.2) is 17.2 Å². The normalized spacial score (nSPS) is 15.9. The van der Waals surface area contributed by atoms with Crippen LogP contribution in [-0.4, -0.2) is 35.7 Å². The Balaban J connectivity index is 1.57. The van der Waals surface area contributed by atoms with Crippen molar-refractivity contribution in [2.75, 3.05) is 6.61 Å². The molecule has 5 aromatic rings. The zero-order valence-electron chi connectivity index (χ0n) is 15.9. The highest BCUT2D eigenvalue weighted by atomic mass is 19.1. The van der Waals surface area contributed by atoms with Crippen molar-refractivity contribution in [1.29, 1.82) is 0 Å². The second kappa shape index (κ2) is 6.46. The number of benzene rings is 2. The fourth-order valence-electron chi connectivity index (χ4n) is 4.11. The number of nitrogens with one attached hydrogen (secondary N) is 1. The van der Waals surface area contributed by atoms with E-state index in [2.05, 4.69) is 19.9 Å². The minimum absolute atomic E-state index is 0.0474. The van der Waals surface area contributed by atoms with E-state index in [9.17, 15) is 13.6 Å². The third-order valence-electron chi connectivity index (χ3n) is 5.46. The van der Waals surface area contributed by atoms with Gasteiger partial charge in [-0.3, -0.25) is 9.13 Å². The Morgan fingerprint density at radius 3 is 2.94 bits per heavy atom. The maximum atomic E-state index is 14.3. The molecular formula is C21H14F2N6O2. The number of para-hydroxylation sites is 2. The van der Waals surface area contributed by atoms with Crippen LogP contribution in [0.3, 0.4) is 0 Å².